The first-order valence-corrected chi connectivity index (χ1v) is 4.67. The minimum Gasteiger partial charge on any atom is -1.00 e. The Labute approximate surface area is 97.4 Å². The second kappa shape index (κ2) is 5.49. The Hall–Kier alpha value is -0.820. The summed E-state index contributed by atoms with van der Waals surface area (Å²) in [5, 5.41) is 7.27. The van der Waals surface area contributed by atoms with Crippen molar-refractivity contribution in [2.75, 3.05) is 0 Å². The molecule has 0 spiro atoms. The van der Waals surface area contributed by atoms with Crippen molar-refractivity contribution < 1.29 is 31.3 Å². The molecular weight excluding hydrogens is 245 g/mol. The van der Waals surface area contributed by atoms with Gasteiger partial charge in [0.15, 0.2) is 5.82 Å². The monoisotopic (exact) mass is 258 g/mol. The van der Waals surface area contributed by atoms with Gasteiger partial charge in [-0.3, -0.25) is 0 Å². The molecular formula is C8H14ClF3N4. The van der Waals surface area contributed by atoms with Gasteiger partial charge < -0.3 is 22.7 Å². The zero-order chi connectivity index (χ0) is 11.6. The van der Waals surface area contributed by atoms with Crippen LogP contribution in [0.2, 0.25) is 0 Å². The summed E-state index contributed by atoms with van der Waals surface area (Å²) in [6.45, 7) is 3.95. The van der Waals surface area contributed by atoms with Crippen LogP contribution in [0.3, 0.4) is 0 Å². The van der Waals surface area contributed by atoms with Crippen LogP contribution in [0.15, 0.2) is 0 Å². The quantitative estimate of drug-likeness (QED) is 0.664. The molecule has 0 aliphatic carbocycles. The molecule has 0 saturated carbocycles. The van der Waals surface area contributed by atoms with Crippen LogP contribution in [0.1, 0.15) is 31.5 Å². The fraction of sp³-hybridized carbons (Fsp3) is 0.750. The average molecular weight is 259 g/mol. The number of hydrogen-bond donors (Lipinski definition) is 1. The highest BCUT2D eigenvalue weighted by Gasteiger charge is 2.31. The molecule has 0 aromatic carbocycles. The first kappa shape index (κ1) is 15.2. The lowest BCUT2D eigenvalue weighted by molar-refractivity contribution is -0.423. The van der Waals surface area contributed by atoms with Crippen molar-refractivity contribution in [3.05, 3.63) is 11.6 Å². The third-order valence-corrected chi connectivity index (χ3v) is 1.97. The zero-order valence-corrected chi connectivity index (χ0v) is 9.81. The smallest absolute Gasteiger partial charge is 0.396 e. The Morgan fingerprint density at radius 1 is 1.38 bits per heavy atom. The molecule has 0 unspecified atom stereocenters. The molecule has 3 N–H and O–H groups in total. The number of quaternary nitrogens is 1. The molecule has 1 atom stereocenters. The minimum absolute atomic E-state index is 0. The minimum atomic E-state index is -4.25. The first-order valence-electron chi connectivity index (χ1n) is 4.67. The Bertz CT molecular complexity index is 335. The lowest BCUT2D eigenvalue weighted by atomic mass is 10.3. The van der Waals surface area contributed by atoms with Gasteiger partial charge in [-0.1, -0.05) is 0 Å². The molecule has 1 rings (SSSR count). The van der Waals surface area contributed by atoms with Gasteiger partial charge in [0.05, 0.1) is 0 Å². The van der Waals surface area contributed by atoms with E-state index in [2.05, 4.69) is 15.9 Å². The summed E-state index contributed by atoms with van der Waals surface area (Å²) >= 11 is 0. The van der Waals surface area contributed by atoms with Crippen molar-refractivity contribution >= 4 is 0 Å². The topological polar surface area (TPSA) is 58.4 Å². The number of nitrogens with zero attached hydrogens (tertiary/aromatic N) is 3. The number of alkyl halides is 3. The van der Waals surface area contributed by atoms with Gasteiger partial charge in [0.25, 0.3) is 0 Å². The van der Waals surface area contributed by atoms with Crippen molar-refractivity contribution in [3.8, 4) is 0 Å². The third-order valence-electron chi connectivity index (χ3n) is 1.97. The van der Waals surface area contributed by atoms with Gasteiger partial charge >= 0.3 is 6.18 Å². The zero-order valence-electron chi connectivity index (χ0n) is 9.05. The highest BCUT2D eigenvalue weighted by molar-refractivity contribution is 4.99. The summed E-state index contributed by atoms with van der Waals surface area (Å²) in [4.78, 5) is 0. The molecule has 0 fully saturated rings. The van der Waals surface area contributed by atoms with Gasteiger partial charge in [0.1, 0.15) is 18.3 Å². The lowest BCUT2D eigenvalue weighted by Gasteiger charge is -2.09. The average Bonchev–Trinajstić information content (AvgIpc) is 2.44. The molecule has 94 valence electrons. The number of halogens is 4. The Kier molecular flexibility index (Phi) is 5.21. The van der Waals surface area contributed by atoms with Crippen LogP contribution >= 0.6 is 0 Å². The SMILES string of the molecule is CCn1c(CC(F)(F)F)nnc1[C@@H](C)[NH3+].[Cl-]. The first-order chi connectivity index (χ1) is 6.85. The molecule has 8 heteroatoms. The van der Waals surface area contributed by atoms with E-state index in [1.54, 1.807) is 13.8 Å². The predicted octanol–water partition coefficient (Wildman–Crippen LogP) is -2.29. The van der Waals surface area contributed by atoms with Crippen LogP contribution in [0.4, 0.5) is 13.2 Å². The van der Waals surface area contributed by atoms with Crippen molar-refractivity contribution in [2.45, 2.75) is 39.0 Å². The summed E-state index contributed by atoms with van der Waals surface area (Å²) in [6.07, 6.45) is -5.29. The maximum Gasteiger partial charge on any atom is 0.396 e. The lowest BCUT2D eigenvalue weighted by Crippen LogP contribution is -3.00. The molecule has 4 nitrogen and oxygen atoms in total. The predicted molar refractivity (Wildman–Crippen MR) is 46.8 cm³/mol. The Balaban J connectivity index is 0.00000225. The molecule has 0 bridgehead atoms. The van der Waals surface area contributed by atoms with Crippen LogP contribution in [-0.4, -0.2) is 20.9 Å². The van der Waals surface area contributed by atoms with E-state index in [-0.39, 0.29) is 24.3 Å². The van der Waals surface area contributed by atoms with Gasteiger partial charge in [0, 0.05) is 6.54 Å². The van der Waals surface area contributed by atoms with E-state index in [0.29, 0.717) is 12.4 Å². The van der Waals surface area contributed by atoms with E-state index in [0.717, 1.165) is 0 Å². The molecule has 1 aromatic rings. The van der Waals surface area contributed by atoms with E-state index in [9.17, 15) is 13.2 Å². The van der Waals surface area contributed by atoms with E-state index < -0.39 is 12.6 Å². The van der Waals surface area contributed by atoms with Crippen LogP contribution in [0.25, 0.3) is 0 Å². The van der Waals surface area contributed by atoms with Crippen LogP contribution in [-0.2, 0) is 13.0 Å². The molecule has 0 aliphatic heterocycles. The highest BCUT2D eigenvalue weighted by atomic mass is 35.5. The second-order valence-corrected chi connectivity index (χ2v) is 3.41. The van der Waals surface area contributed by atoms with E-state index >= 15 is 0 Å². The van der Waals surface area contributed by atoms with Crippen LogP contribution < -0.4 is 18.1 Å². The number of hydrogen-bond acceptors (Lipinski definition) is 2. The van der Waals surface area contributed by atoms with Gasteiger partial charge in [0.2, 0.25) is 0 Å². The summed E-state index contributed by atoms with van der Waals surface area (Å²) in [7, 11) is 0. The number of aromatic nitrogens is 3. The largest absolute Gasteiger partial charge is 1.00 e. The van der Waals surface area contributed by atoms with Gasteiger partial charge in [-0.05, 0) is 13.8 Å². The van der Waals surface area contributed by atoms with E-state index in [1.807, 2.05) is 0 Å². The van der Waals surface area contributed by atoms with Crippen LogP contribution in [0.5, 0.6) is 0 Å². The molecule has 1 aromatic heterocycles. The molecule has 16 heavy (non-hydrogen) atoms. The Morgan fingerprint density at radius 3 is 2.31 bits per heavy atom. The summed E-state index contributed by atoms with van der Waals surface area (Å²) in [6, 6.07) is -0.167. The summed E-state index contributed by atoms with van der Waals surface area (Å²) in [5.74, 6) is 0.451. The Morgan fingerprint density at radius 2 is 1.94 bits per heavy atom. The fourth-order valence-corrected chi connectivity index (χ4v) is 1.37. The van der Waals surface area contributed by atoms with Crippen molar-refractivity contribution in [1.82, 2.24) is 14.8 Å². The number of rotatable bonds is 3. The fourth-order valence-electron chi connectivity index (χ4n) is 1.37. The maximum absolute atomic E-state index is 12.2. The van der Waals surface area contributed by atoms with Crippen molar-refractivity contribution in [2.24, 2.45) is 0 Å². The van der Waals surface area contributed by atoms with Gasteiger partial charge in [-0.15, -0.1) is 10.2 Å². The molecule has 0 radical (unpaired) electrons. The summed E-state index contributed by atoms with van der Waals surface area (Å²) < 4.78 is 38.0. The maximum atomic E-state index is 12.2. The van der Waals surface area contributed by atoms with Crippen molar-refractivity contribution in [3.63, 3.8) is 0 Å². The third kappa shape index (κ3) is 3.64. The van der Waals surface area contributed by atoms with Crippen molar-refractivity contribution in [1.29, 1.82) is 0 Å². The molecule has 0 amide bonds. The normalized spacial score (nSPS) is 13.4. The highest BCUT2D eigenvalue weighted by Crippen LogP contribution is 2.21. The van der Waals surface area contributed by atoms with E-state index in [1.165, 1.54) is 4.57 Å². The second-order valence-electron chi connectivity index (χ2n) is 3.41. The van der Waals surface area contributed by atoms with Crippen LogP contribution in [0, 0.1) is 0 Å². The molecule has 1 heterocycles. The molecule has 0 saturated heterocycles. The summed E-state index contributed by atoms with van der Waals surface area (Å²) in [5.41, 5.74) is 3.72. The van der Waals surface area contributed by atoms with E-state index in [4.69, 9.17) is 0 Å². The van der Waals surface area contributed by atoms with Gasteiger partial charge in [-0.2, -0.15) is 13.2 Å². The standard InChI is InChI=1S/C8H13F3N4.ClH/c1-3-15-6(4-8(9,10)11)13-14-7(15)5(2)12;/h5H,3-4,12H2,1-2H3;1H/t5-;/m1./s1. The van der Waals surface area contributed by atoms with Gasteiger partial charge in [-0.25, -0.2) is 0 Å². The molecule has 0 aliphatic rings.